The van der Waals surface area contributed by atoms with E-state index in [1.54, 1.807) is 0 Å². The second-order valence-electron chi connectivity index (χ2n) is 9.64. The number of carbonyl (C=O) groups excluding carboxylic acids is 1. The summed E-state index contributed by atoms with van der Waals surface area (Å²) < 4.78 is 6.14. The number of nitrogens with zero attached hydrogens (tertiary/aromatic N) is 2. The van der Waals surface area contributed by atoms with E-state index in [9.17, 15) is 4.79 Å². The first-order valence-electron chi connectivity index (χ1n) is 10.8. The minimum atomic E-state index is -0.306. The van der Waals surface area contributed by atoms with E-state index < -0.39 is 0 Å². The molecule has 2 aromatic rings. The van der Waals surface area contributed by atoms with Gasteiger partial charge in [0.2, 0.25) is 11.8 Å². The molecule has 4 aliphatic rings. The van der Waals surface area contributed by atoms with Crippen LogP contribution in [0.2, 0.25) is 0 Å². The van der Waals surface area contributed by atoms with Gasteiger partial charge in [-0.1, -0.05) is 23.9 Å². The molecule has 1 atom stereocenters. The van der Waals surface area contributed by atoms with Crippen LogP contribution in [-0.2, 0) is 10.2 Å². The summed E-state index contributed by atoms with van der Waals surface area (Å²) in [5.41, 5.74) is 3.15. The number of amides is 1. The molecule has 1 N–H and O–H groups in total. The van der Waals surface area contributed by atoms with Gasteiger partial charge >= 0.3 is 0 Å². The van der Waals surface area contributed by atoms with Crippen molar-refractivity contribution in [3.05, 3.63) is 35.2 Å². The zero-order valence-electron chi connectivity index (χ0n) is 17.4. The summed E-state index contributed by atoms with van der Waals surface area (Å²) in [6, 6.07) is 6.08. The maximum Gasteiger partial charge on any atom is 0.277 e. The molecule has 4 aliphatic carbocycles. The fourth-order valence-electron chi connectivity index (χ4n) is 6.15. The van der Waals surface area contributed by atoms with Crippen molar-refractivity contribution in [3.63, 3.8) is 0 Å². The first-order valence-corrected chi connectivity index (χ1v) is 11.7. The lowest BCUT2D eigenvalue weighted by molar-refractivity contribution is -0.115. The molecule has 0 saturated heterocycles. The monoisotopic (exact) mass is 411 g/mol. The Bertz CT molecular complexity index is 903. The predicted molar refractivity (Wildman–Crippen MR) is 114 cm³/mol. The number of aryl methyl sites for hydroxylation is 2. The van der Waals surface area contributed by atoms with Crippen LogP contribution in [0.1, 0.15) is 62.5 Å². The normalized spacial score (nSPS) is 31.1. The Labute approximate surface area is 176 Å². The van der Waals surface area contributed by atoms with Gasteiger partial charge in [0.05, 0.1) is 5.25 Å². The summed E-state index contributed by atoms with van der Waals surface area (Å²) in [4.78, 5) is 12.7. The topological polar surface area (TPSA) is 68.0 Å². The smallest absolute Gasteiger partial charge is 0.277 e. The second kappa shape index (κ2) is 7.15. The number of benzene rings is 1. The number of nitrogens with one attached hydrogen (secondary N) is 1. The molecule has 5 nitrogen and oxygen atoms in total. The summed E-state index contributed by atoms with van der Waals surface area (Å²) in [6.45, 7) is 5.92. The van der Waals surface area contributed by atoms with Gasteiger partial charge < -0.3 is 9.73 Å². The molecule has 4 bridgehead atoms. The zero-order valence-corrected chi connectivity index (χ0v) is 18.2. The number of anilines is 1. The van der Waals surface area contributed by atoms with E-state index in [2.05, 4.69) is 15.5 Å². The first kappa shape index (κ1) is 19.2. The molecule has 4 fully saturated rings. The van der Waals surface area contributed by atoms with Gasteiger partial charge in [-0.05, 0) is 94.2 Å². The molecule has 6 rings (SSSR count). The van der Waals surface area contributed by atoms with Crippen molar-refractivity contribution < 1.29 is 9.21 Å². The number of carbonyl (C=O) groups is 1. The largest absolute Gasteiger partial charge is 0.415 e. The van der Waals surface area contributed by atoms with Crippen LogP contribution in [-0.4, -0.2) is 21.4 Å². The van der Waals surface area contributed by atoms with Crippen LogP contribution in [0, 0.1) is 31.6 Å². The van der Waals surface area contributed by atoms with Gasteiger partial charge in [0, 0.05) is 11.1 Å². The minimum absolute atomic E-state index is 0.0433. The van der Waals surface area contributed by atoms with Gasteiger partial charge in [-0.3, -0.25) is 4.79 Å². The first-order chi connectivity index (χ1) is 13.9. The maximum absolute atomic E-state index is 12.7. The van der Waals surface area contributed by atoms with E-state index in [1.165, 1.54) is 50.3 Å². The number of thioether (sulfide) groups is 1. The molecule has 1 amide bonds. The molecular formula is C23H29N3O2S. The summed E-state index contributed by atoms with van der Waals surface area (Å²) in [6.07, 6.45) is 7.79. The van der Waals surface area contributed by atoms with E-state index in [4.69, 9.17) is 4.42 Å². The molecule has 29 heavy (non-hydrogen) atoms. The lowest BCUT2D eigenvalue weighted by atomic mass is 9.49. The maximum atomic E-state index is 12.7. The van der Waals surface area contributed by atoms with Gasteiger partial charge in [-0.15, -0.1) is 10.2 Å². The third-order valence-corrected chi connectivity index (χ3v) is 8.13. The molecule has 0 radical (unpaired) electrons. The molecule has 1 heterocycles. The fraction of sp³-hybridized carbons (Fsp3) is 0.609. The average Bonchev–Trinajstić information content (AvgIpc) is 3.13. The number of hydrogen-bond donors (Lipinski definition) is 1. The molecular weight excluding hydrogens is 382 g/mol. The number of hydrogen-bond acceptors (Lipinski definition) is 5. The van der Waals surface area contributed by atoms with Crippen molar-refractivity contribution in [3.8, 4) is 0 Å². The summed E-state index contributed by atoms with van der Waals surface area (Å²) in [5, 5.41) is 12.0. The Balaban J connectivity index is 1.26. The Hall–Kier alpha value is -1.82. The Morgan fingerprint density at radius 1 is 1.14 bits per heavy atom. The highest BCUT2D eigenvalue weighted by molar-refractivity contribution is 8.00. The van der Waals surface area contributed by atoms with Gasteiger partial charge in [0.25, 0.3) is 5.22 Å². The summed E-state index contributed by atoms with van der Waals surface area (Å²) in [5.74, 6) is 3.30. The van der Waals surface area contributed by atoms with E-state index in [-0.39, 0.29) is 16.6 Å². The van der Waals surface area contributed by atoms with Gasteiger partial charge in [-0.2, -0.15) is 0 Å². The number of aromatic nitrogens is 2. The number of rotatable bonds is 5. The highest BCUT2D eigenvalue weighted by Crippen LogP contribution is 2.60. The van der Waals surface area contributed by atoms with Crippen molar-refractivity contribution >= 4 is 23.4 Å². The second-order valence-corrected chi connectivity index (χ2v) is 10.9. The van der Waals surface area contributed by atoms with Crippen molar-refractivity contribution in [1.82, 2.24) is 10.2 Å². The van der Waals surface area contributed by atoms with E-state index >= 15 is 0 Å². The molecule has 0 unspecified atom stereocenters. The summed E-state index contributed by atoms with van der Waals surface area (Å²) in [7, 11) is 0. The zero-order chi connectivity index (χ0) is 20.2. The van der Waals surface area contributed by atoms with Crippen molar-refractivity contribution in [2.45, 2.75) is 75.2 Å². The molecule has 6 heteroatoms. The van der Waals surface area contributed by atoms with Crippen LogP contribution < -0.4 is 5.32 Å². The fourth-order valence-corrected chi connectivity index (χ4v) is 6.84. The Morgan fingerprint density at radius 3 is 2.45 bits per heavy atom. The highest BCUT2D eigenvalue weighted by Gasteiger charge is 2.54. The standard InChI is InChI=1S/C23H29N3O2S/c1-13-4-5-14(2)19(6-13)24-20(27)15(3)29-22-26-25-21(28-22)23-10-16-7-17(11-23)9-18(8-16)12-23/h4-6,15-18H,7-12H2,1-3H3,(H,24,27)/t15-,16?,17?,18?,23?/m0/s1. The molecule has 0 spiro atoms. The Kier molecular flexibility index (Phi) is 4.72. The van der Waals surface area contributed by atoms with Gasteiger partial charge in [-0.25, -0.2) is 0 Å². The molecule has 154 valence electrons. The lowest BCUT2D eigenvalue weighted by Gasteiger charge is -2.55. The molecule has 0 aliphatic heterocycles. The third-order valence-electron chi connectivity index (χ3n) is 7.20. The van der Waals surface area contributed by atoms with Crippen molar-refractivity contribution in [2.24, 2.45) is 17.8 Å². The van der Waals surface area contributed by atoms with Crippen LogP contribution in [0.5, 0.6) is 0 Å². The van der Waals surface area contributed by atoms with Crippen LogP contribution >= 0.6 is 11.8 Å². The molecule has 1 aromatic carbocycles. The lowest BCUT2D eigenvalue weighted by Crippen LogP contribution is -2.48. The van der Waals surface area contributed by atoms with E-state index in [0.29, 0.717) is 5.22 Å². The van der Waals surface area contributed by atoms with Crippen LogP contribution in [0.4, 0.5) is 5.69 Å². The van der Waals surface area contributed by atoms with Crippen molar-refractivity contribution in [1.29, 1.82) is 0 Å². The Morgan fingerprint density at radius 2 is 1.79 bits per heavy atom. The molecule has 1 aromatic heterocycles. The van der Waals surface area contributed by atoms with Crippen LogP contribution in [0.25, 0.3) is 0 Å². The minimum Gasteiger partial charge on any atom is -0.415 e. The van der Waals surface area contributed by atoms with Crippen molar-refractivity contribution in [2.75, 3.05) is 5.32 Å². The van der Waals surface area contributed by atoms with Crippen LogP contribution in [0.15, 0.2) is 27.8 Å². The van der Waals surface area contributed by atoms with Gasteiger partial charge in [0.1, 0.15) is 0 Å². The average molecular weight is 412 g/mol. The van der Waals surface area contributed by atoms with Crippen LogP contribution in [0.3, 0.4) is 0 Å². The van der Waals surface area contributed by atoms with E-state index in [0.717, 1.165) is 40.5 Å². The predicted octanol–water partition coefficient (Wildman–Crippen LogP) is 5.27. The third kappa shape index (κ3) is 3.60. The van der Waals surface area contributed by atoms with Gasteiger partial charge in [0.15, 0.2) is 0 Å². The quantitative estimate of drug-likeness (QED) is 0.679. The SMILES string of the molecule is Cc1ccc(C)c(NC(=O)[C@H](C)Sc2nnc(C34CC5CC(CC(C5)C3)C4)o2)c1. The summed E-state index contributed by atoms with van der Waals surface area (Å²) >= 11 is 1.35. The van der Waals surface area contributed by atoms with E-state index in [1.807, 2.05) is 39.0 Å². The highest BCUT2D eigenvalue weighted by atomic mass is 32.2. The molecule has 4 saturated carbocycles.